The Kier molecular flexibility index (Phi) is 5.21. The third-order valence-corrected chi connectivity index (χ3v) is 5.07. The molecule has 0 saturated heterocycles. The number of nitrogens with zero attached hydrogens (tertiary/aromatic N) is 3. The van der Waals surface area contributed by atoms with E-state index in [4.69, 9.17) is 4.98 Å². The number of thioether (sulfide) groups is 1. The van der Waals surface area contributed by atoms with Crippen LogP contribution >= 0.6 is 11.8 Å². The van der Waals surface area contributed by atoms with Gasteiger partial charge in [-0.2, -0.15) is 0 Å². The fraction of sp³-hybridized carbons (Fsp3) is 0.0455. The van der Waals surface area contributed by atoms with Crippen LogP contribution in [0.25, 0.3) is 28.3 Å². The second-order valence-corrected chi connectivity index (χ2v) is 6.97. The molecule has 138 valence electrons. The highest BCUT2D eigenvalue weighted by Crippen LogP contribution is 2.37. The molecule has 0 spiro atoms. The van der Waals surface area contributed by atoms with E-state index in [2.05, 4.69) is 4.98 Å². The highest BCUT2D eigenvalue weighted by atomic mass is 32.2. The van der Waals surface area contributed by atoms with Crippen molar-refractivity contribution in [1.82, 2.24) is 14.5 Å². The van der Waals surface area contributed by atoms with Crippen molar-refractivity contribution in [3.63, 3.8) is 0 Å². The van der Waals surface area contributed by atoms with E-state index in [-0.39, 0.29) is 5.75 Å². The molecular formula is C22H17N3O2S. The number of carboxylic acid groups (broad SMARTS) is 1. The maximum absolute atomic E-state index is 11.2. The van der Waals surface area contributed by atoms with Crippen LogP contribution in [0.5, 0.6) is 0 Å². The van der Waals surface area contributed by atoms with Gasteiger partial charge in [-0.05, 0) is 12.1 Å². The number of hydrogen-bond donors (Lipinski definition) is 1. The molecule has 0 amide bonds. The molecule has 5 nitrogen and oxygen atoms in total. The van der Waals surface area contributed by atoms with Gasteiger partial charge in [0, 0.05) is 17.3 Å². The van der Waals surface area contributed by atoms with Crippen molar-refractivity contribution in [2.45, 2.75) is 5.16 Å². The lowest BCUT2D eigenvalue weighted by atomic mass is 10.0. The maximum atomic E-state index is 11.2. The summed E-state index contributed by atoms with van der Waals surface area (Å²) in [5.74, 6) is -0.265. The number of rotatable bonds is 6. The molecule has 0 radical (unpaired) electrons. The third kappa shape index (κ3) is 3.68. The zero-order valence-electron chi connectivity index (χ0n) is 14.9. The molecule has 0 unspecified atom stereocenters. The van der Waals surface area contributed by atoms with E-state index in [0.717, 1.165) is 22.5 Å². The van der Waals surface area contributed by atoms with E-state index in [1.54, 1.807) is 6.20 Å². The van der Waals surface area contributed by atoms with Crippen LogP contribution in [-0.2, 0) is 4.79 Å². The van der Waals surface area contributed by atoms with Crippen LogP contribution in [0.2, 0.25) is 0 Å². The Hall–Kier alpha value is -3.38. The van der Waals surface area contributed by atoms with Crippen molar-refractivity contribution in [3.8, 4) is 28.3 Å². The number of pyridine rings is 1. The molecule has 4 aromatic rings. The molecule has 0 aliphatic carbocycles. The topological polar surface area (TPSA) is 68.0 Å². The van der Waals surface area contributed by atoms with Crippen LogP contribution in [0.4, 0.5) is 0 Å². The predicted octanol–water partition coefficient (Wildman–Crippen LogP) is 4.78. The van der Waals surface area contributed by atoms with Crippen LogP contribution in [0.15, 0.2) is 90.2 Å². The van der Waals surface area contributed by atoms with Crippen LogP contribution in [0.1, 0.15) is 0 Å². The number of aromatic nitrogens is 3. The lowest BCUT2D eigenvalue weighted by Gasteiger charge is -2.12. The Labute approximate surface area is 166 Å². The quantitative estimate of drug-likeness (QED) is 0.482. The molecule has 0 fully saturated rings. The summed E-state index contributed by atoms with van der Waals surface area (Å²) < 4.78 is 1.94. The second kappa shape index (κ2) is 8.10. The van der Waals surface area contributed by atoms with Gasteiger partial charge in [0.05, 0.1) is 17.1 Å². The first-order chi connectivity index (χ1) is 13.7. The van der Waals surface area contributed by atoms with E-state index in [0.29, 0.717) is 11.0 Å². The smallest absolute Gasteiger partial charge is 0.313 e. The molecule has 6 heteroatoms. The van der Waals surface area contributed by atoms with Crippen LogP contribution in [0.3, 0.4) is 0 Å². The van der Waals surface area contributed by atoms with Crippen molar-refractivity contribution in [2.75, 3.05) is 5.75 Å². The zero-order chi connectivity index (χ0) is 19.3. The second-order valence-electron chi connectivity index (χ2n) is 6.03. The SMILES string of the molecule is O=C(O)CSc1nc(-c2ccccc2)c(-c2ccccc2)n1-c1ccccn1. The van der Waals surface area contributed by atoms with Gasteiger partial charge in [-0.25, -0.2) is 9.97 Å². The van der Waals surface area contributed by atoms with E-state index in [1.807, 2.05) is 83.4 Å². The Balaban J connectivity index is 2.00. The number of carboxylic acids is 1. The number of aliphatic carboxylic acids is 1. The van der Waals surface area contributed by atoms with Crippen LogP contribution in [0, 0.1) is 0 Å². The maximum Gasteiger partial charge on any atom is 0.313 e. The van der Waals surface area contributed by atoms with E-state index in [1.165, 1.54) is 11.8 Å². The van der Waals surface area contributed by atoms with E-state index < -0.39 is 5.97 Å². The first kappa shape index (κ1) is 18.0. The minimum atomic E-state index is -0.886. The summed E-state index contributed by atoms with van der Waals surface area (Å²) in [4.78, 5) is 20.5. The summed E-state index contributed by atoms with van der Waals surface area (Å²) in [6.07, 6.45) is 1.72. The average molecular weight is 387 g/mol. The predicted molar refractivity (Wildman–Crippen MR) is 111 cm³/mol. The normalized spacial score (nSPS) is 10.7. The van der Waals surface area contributed by atoms with Crippen molar-refractivity contribution >= 4 is 17.7 Å². The van der Waals surface area contributed by atoms with Crippen molar-refractivity contribution in [1.29, 1.82) is 0 Å². The van der Waals surface area contributed by atoms with Gasteiger partial charge in [-0.15, -0.1) is 0 Å². The highest BCUT2D eigenvalue weighted by molar-refractivity contribution is 7.99. The van der Waals surface area contributed by atoms with Gasteiger partial charge in [0.2, 0.25) is 0 Å². The van der Waals surface area contributed by atoms with Crippen LogP contribution < -0.4 is 0 Å². The van der Waals surface area contributed by atoms with Gasteiger partial charge in [-0.3, -0.25) is 9.36 Å². The molecule has 2 aromatic carbocycles. The van der Waals surface area contributed by atoms with Gasteiger partial charge in [0.1, 0.15) is 5.82 Å². The first-order valence-corrected chi connectivity index (χ1v) is 9.72. The molecule has 1 N–H and O–H groups in total. The lowest BCUT2D eigenvalue weighted by Crippen LogP contribution is -2.04. The largest absolute Gasteiger partial charge is 0.481 e. The van der Waals surface area contributed by atoms with Crippen molar-refractivity contribution in [3.05, 3.63) is 85.1 Å². The molecule has 0 aliphatic heterocycles. The molecule has 0 atom stereocenters. The minimum Gasteiger partial charge on any atom is -0.481 e. The molecular weight excluding hydrogens is 370 g/mol. The number of benzene rings is 2. The number of imidazole rings is 1. The van der Waals surface area contributed by atoms with Gasteiger partial charge in [0.15, 0.2) is 5.16 Å². The fourth-order valence-corrected chi connectivity index (χ4v) is 3.70. The van der Waals surface area contributed by atoms with Gasteiger partial charge >= 0.3 is 5.97 Å². The Morgan fingerprint density at radius 3 is 2.14 bits per heavy atom. The fourth-order valence-electron chi connectivity index (χ4n) is 2.98. The van der Waals surface area contributed by atoms with Gasteiger partial charge in [-0.1, -0.05) is 78.5 Å². The highest BCUT2D eigenvalue weighted by Gasteiger charge is 2.22. The molecule has 2 aromatic heterocycles. The van der Waals surface area contributed by atoms with Gasteiger partial charge < -0.3 is 5.11 Å². The standard InChI is InChI=1S/C22H17N3O2S/c26-19(27)15-28-22-24-20(16-9-3-1-4-10-16)21(17-11-5-2-6-12-17)25(22)18-13-7-8-14-23-18/h1-14H,15H2,(H,26,27). The number of hydrogen-bond acceptors (Lipinski definition) is 4. The summed E-state index contributed by atoms with van der Waals surface area (Å²) in [6.45, 7) is 0. The molecule has 4 rings (SSSR count). The van der Waals surface area contributed by atoms with Crippen molar-refractivity contribution < 1.29 is 9.90 Å². The Bertz CT molecular complexity index is 1080. The molecule has 0 aliphatic rings. The third-order valence-electron chi connectivity index (χ3n) is 4.14. The molecule has 28 heavy (non-hydrogen) atoms. The summed E-state index contributed by atoms with van der Waals surface area (Å²) in [7, 11) is 0. The zero-order valence-corrected chi connectivity index (χ0v) is 15.7. The number of carbonyl (C=O) groups is 1. The summed E-state index contributed by atoms with van der Waals surface area (Å²) in [5, 5.41) is 9.77. The first-order valence-electron chi connectivity index (χ1n) is 8.73. The molecule has 0 bridgehead atoms. The summed E-state index contributed by atoms with van der Waals surface area (Å²) in [5.41, 5.74) is 3.64. The van der Waals surface area contributed by atoms with E-state index >= 15 is 0 Å². The lowest BCUT2D eigenvalue weighted by molar-refractivity contribution is -0.133. The monoisotopic (exact) mass is 387 g/mol. The van der Waals surface area contributed by atoms with Crippen molar-refractivity contribution in [2.24, 2.45) is 0 Å². The summed E-state index contributed by atoms with van der Waals surface area (Å²) >= 11 is 1.19. The Morgan fingerprint density at radius 1 is 0.893 bits per heavy atom. The summed E-state index contributed by atoms with van der Waals surface area (Å²) in [6, 6.07) is 25.5. The van der Waals surface area contributed by atoms with Crippen LogP contribution in [-0.4, -0.2) is 31.4 Å². The molecule has 2 heterocycles. The Morgan fingerprint density at radius 2 is 1.54 bits per heavy atom. The van der Waals surface area contributed by atoms with Gasteiger partial charge in [0.25, 0.3) is 0 Å². The minimum absolute atomic E-state index is 0.0771. The molecule has 0 saturated carbocycles. The van der Waals surface area contributed by atoms with E-state index in [9.17, 15) is 9.90 Å². The average Bonchev–Trinajstić information content (AvgIpc) is 3.14.